The van der Waals surface area contributed by atoms with Gasteiger partial charge in [0.05, 0.1) is 5.56 Å². The van der Waals surface area contributed by atoms with Crippen LogP contribution in [0.15, 0.2) is 22.7 Å². The molecule has 19 heavy (non-hydrogen) atoms. The number of hydrogen-bond acceptors (Lipinski definition) is 2. The van der Waals surface area contributed by atoms with Crippen LogP contribution in [-0.4, -0.2) is 48.3 Å². The number of carbonyl (C=O) groups is 2. The van der Waals surface area contributed by atoms with Crippen LogP contribution in [0, 0.1) is 6.92 Å². The lowest BCUT2D eigenvalue weighted by molar-refractivity contribution is -0.129. The quantitative estimate of drug-likeness (QED) is 0.793. The average Bonchev–Trinajstić information content (AvgIpc) is 2.54. The standard InChI is InChI=1S/C14H17BrN2O2/c1-10-4-5-12(15)11(8-10)14(19)17-7-3-6-16(2)13(18)9-17/h4-5,8H,3,6-7,9H2,1-2H3. The Kier molecular flexibility index (Phi) is 4.24. The molecule has 1 fully saturated rings. The SMILES string of the molecule is Cc1ccc(Br)c(C(=O)N2CCCN(C)C(=O)C2)c1. The Labute approximate surface area is 121 Å². The number of aryl methyl sites for hydroxylation is 1. The highest BCUT2D eigenvalue weighted by molar-refractivity contribution is 9.10. The molecule has 0 aromatic heterocycles. The summed E-state index contributed by atoms with van der Waals surface area (Å²) in [5.41, 5.74) is 1.65. The highest BCUT2D eigenvalue weighted by Gasteiger charge is 2.24. The zero-order valence-corrected chi connectivity index (χ0v) is 12.7. The summed E-state index contributed by atoms with van der Waals surface area (Å²) in [6.45, 7) is 3.44. The molecule has 4 nitrogen and oxygen atoms in total. The molecule has 102 valence electrons. The van der Waals surface area contributed by atoms with Gasteiger partial charge in [-0.15, -0.1) is 0 Å². The second-order valence-corrected chi connectivity index (χ2v) is 5.73. The monoisotopic (exact) mass is 324 g/mol. The maximum Gasteiger partial charge on any atom is 0.255 e. The van der Waals surface area contributed by atoms with Gasteiger partial charge in [0.1, 0.15) is 6.54 Å². The summed E-state index contributed by atoms with van der Waals surface area (Å²) in [6.07, 6.45) is 0.817. The van der Waals surface area contributed by atoms with Crippen molar-refractivity contribution >= 4 is 27.7 Å². The van der Waals surface area contributed by atoms with Crippen LogP contribution in [0.3, 0.4) is 0 Å². The Morgan fingerprint density at radius 1 is 1.32 bits per heavy atom. The zero-order valence-electron chi connectivity index (χ0n) is 11.1. The van der Waals surface area contributed by atoms with E-state index in [0.29, 0.717) is 18.7 Å². The van der Waals surface area contributed by atoms with E-state index in [1.807, 2.05) is 25.1 Å². The van der Waals surface area contributed by atoms with Crippen molar-refractivity contribution in [2.24, 2.45) is 0 Å². The summed E-state index contributed by atoms with van der Waals surface area (Å²) >= 11 is 3.40. The first-order valence-corrected chi connectivity index (χ1v) is 7.07. The molecule has 0 aliphatic carbocycles. The summed E-state index contributed by atoms with van der Waals surface area (Å²) in [7, 11) is 1.78. The molecule has 0 unspecified atom stereocenters. The average molecular weight is 325 g/mol. The van der Waals surface area contributed by atoms with Crippen molar-refractivity contribution in [1.82, 2.24) is 9.80 Å². The van der Waals surface area contributed by atoms with E-state index in [9.17, 15) is 9.59 Å². The predicted molar refractivity (Wildman–Crippen MR) is 77.0 cm³/mol. The lowest BCUT2D eigenvalue weighted by atomic mass is 10.1. The van der Waals surface area contributed by atoms with E-state index in [-0.39, 0.29) is 18.4 Å². The van der Waals surface area contributed by atoms with Crippen molar-refractivity contribution in [3.63, 3.8) is 0 Å². The van der Waals surface area contributed by atoms with Gasteiger partial charge < -0.3 is 9.80 Å². The van der Waals surface area contributed by atoms with Crippen molar-refractivity contribution in [2.45, 2.75) is 13.3 Å². The van der Waals surface area contributed by atoms with Crippen LogP contribution in [0.2, 0.25) is 0 Å². The third kappa shape index (κ3) is 3.15. The molecule has 5 heteroatoms. The van der Waals surface area contributed by atoms with Gasteiger partial charge in [-0.1, -0.05) is 11.6 Å². The van der Waals surface area contributed by atoms with Gasteiger partial charge in [-0.25, -0.2) is 0 Å². The molecule has 1 aliphatic heterocycles. The molecule has 1 heterocycles. The zero-order chi connectivity index (χ0) is 14.0. The van der Waals surface area contributed by atoms with Gasteiger partial charge in [0.25, 0.3) is 5.91 Å². The van der Waals surface area contributed by atoms with E-state index in [4.69, 9.17) is 0 Å². The van der Waals surface area contributed by atoms with Crippen LogP contribution in [-0.2, 0) is 4.79 Å². The summed E-state index contributed by atoms with van der Waals surface area (Å²) in [5, 5.41) is 0. The van der Waals surface area contributed by atoms with Crippen LogP contribution in [0.5, 0.6) is 0 Å². The van der Waals surface area contributed by atoms with Gasteiger partial charge in [-0.3, -0.25) is 9.59 Å². The van der Waals surface area contributed by atoms with Gasteiger partial charge >= 0.3 is 0 Å². The number of rotatable bonds is 1. The van der Waals surface area contributed by atoms with E-state index in [1.165, 1.54) is 0 Å². The Hall–Kier alpha value is -1.36. The molecule has 1 saturated heterocycles. The van der Waals surface area contributed by atoms with Crippen LogP contribution < -0.4 is 0 Å². The van der Waals surface area contributed by atoms with Crippen molar-refractivity contribution in [1.29, 1.82) is 0 Å². The first-order valence-electron chi connectivity index (χ1n) is 6.28. The van der Waals surface area contributed by atoms with Crippen LogP contribution in [0.4, 0.5) is 0 Å². The molecule has 1 aromatic rings. The fourth-order valence-electron chi connectivity index (χ4n) is 2.13. The minimum absolute atomic E-state index is 0.00498. The number of halogens is 1. The van der Waals surface area contributed by atoms with E-state index >= 15 is 0 Å². The van der Waals surface area contributed by atoms with Gasteiger partial charge in [-0.05, 0) is 41.4 Å². The van der Waals surface area contributed by atoms with Crippen molar-refractivity contribution < 1.29 is 9.59 Å². The molecule has 1 aliphatic rings. The third-order valence-electron chi connectivity index (χ3n) is 3.31. The first-order chi connectivity index (χ1) is 8.99. The number of carbonyl (C=O) groups excluding carboxylic acids is 2. The second-order valence-electron chi connectivity index (χ2n) is 4.88. The second kappa shape index (κ2) is 5.74. The first kappa shape index (κ1) is 14.1. The minimum Gasteiger partial charge on any atom is -0.344 e. The molecule has 0 spiro atoms. The van der Waals surface area contributed by atoms with E-state index < -0.39 is 0 Å². The van der Waals surface area contributed by atoms with Gasteiger partial charge in [0, 0.05) is 24.6 Å². The summed E-state index contributed by atoms with van der Waals surface area (Å²) in [4.78, 5) is 27.6. The number of likely N-dealkylation sites (N-methyl/N-ethyl adjacent to an activating group) is 1. The maximum absolute atomic E-state index is 12.5. The highest BCUT2D eigenvalue weighted by atomic mass is 79.9. The number of amides is 2. The van der Waals surface area contributed by atoms with E-state index in [1.54, 1.807) is 16.8 Å². The molecule has 0 bridgehead atoms. The molecular formula is C14H17BrN2O2. The fourth-order valence-corrected chi connectivity index (χ4v) is 2.55. The largest absolute Gasteiger partial charge is 0.344 e. The Bertz CT molecular complexity index is 516. The lowest BCUT2D eigenvalue weighted by Crippen LogP contribution is -2.38. The normalized spacial score (nSPS) is 16.5. The van der Waals surface area contributed by atoms with Crippen molar-refractivity contribution in [2.75, 3.05) is 26.7 Å². The van der Waals surface area contributed by atoms with E-state index in [2.05, 4.69) is 15.9 Å². The third-order valence-corrected chi connectivity index (χ3v) is 4.00. The molecule has 0 atom stereocenters. The van der Waals surface area contributed by atoms with E-state index in [0.717, 1.165) is 16.5 Å². The smallest absolute Gasteiger partial charge is 0.255 e. The van der Waals surface area contributed by atoms with Crippen molar-refractivity contribution in [3.8, 4) is 0 Å². The molecule has 0 N–H and O–H groups in total. The Morgan fingerprint density at radius 2 is 2.05 bits per heavy atom. The minimum atomic E-state index is -0.0841. The van der Waals surface area contributed by atoms with Gasteiger partial charge in [0.2, 0.25) is 5.91 Å². The summed E-state index contributed by atoms with van der Waals surface area (Å²) in [6, 6.07) is 5.67. The topological polar surface area (TPSA) is 40.6 Å². The Morgan fingerprint density at radius 3 is 2.79 bits per heavy atom. The van der Waals surface area contributed by atoms with Crippen LogP contribution >= 0.6 is 15.9 Å². The maximum atomic E-state index is 12.5. The molecule has 2 amide bonds. The summed E-state index contributed by atoms with van der Waals surface area (Å²) < 4.78 is 0.771. The molecule has 1 aromatic carbocycles. The van der Waals surface area contributed by atoms with Gasteiger partial charge in [-0.2, -0.15) is 0 Å². The predicted octanol–water partition coefficient (Wildman–Crippen LogP) is 2.06. The Balaban J connectivity index is 2.23. The molecule has 0 saturated carbocycles. The lowest BCUT2D eigenvalue weighted by Gasteiger charge is -2.20. The number of nitrogens with zero attached hydrogens (tertiary/aromatic N) is 2. The molecular weight excluding hydrogens is 308 g/mol. The molecule has 2 rings (SSSR count). The van der Waals surface area contributed by atoms with Crippen LogP contribution in [0.25, 0.3) is 0 Å². The van der Waals surface area contributed by atoms with Gasteiger partial charge in [0.15, 0.2) is 0 Å². The van der Waals surface area contributed by atoms with Crippen molar-refractivity contribution in [3.05, 3.63) is 33.8 Å². The fraction of sp³-hybridized carbons (Fsp3) is 0.429. The number of benzene rings is 1. The number of hydrogen-bond donors (Lipinski definition) is 0. The highest BCUT2D eigenvalue weighted by Crippen LogP contribution is 2.20. The summed E-state index contributed by atoms with van der Waals surface area (Å²) in [5.74, 6) is -0.0890. The van der Waals surface area contributed by atoms with Crippen LogP contribution in [0.1, 0.15) is 22.3 Å². The molecule has 0 radical (unpaired) electrons.